The summed E-state index contributed by atoms with van der Waals surface area (Å²) >= 11 is 0. The van der Waals surface area contributed by atoms with Crippen molar-refractivity contribution in [3.63, 3.8) is 0 Å². The molecule has 1 aliphatic carbocycles. The number of rotatable bonds is 5. The van der Waals surface area contributed by atoms with Gasteiger partial charge in [-0.25, -0.2) is 0 Å². The molecule has 1 saturated heterocycles. The van der Waals surface area contributed by atoms with Gasteiger partial charge in [0.05, 0.1) is 29.6 Å². The van der Waals surface area contributed by atoms with Gasteiger partial charge in [0.2, 0.25) is 17.7 Å². The summed E-state index contributed by atoms with van der Waals surface area (Å²) in [7, 11) is 0. The number of hydrogen-bond acceptors (Lipinski definition) is 6. The van der Waals surface area contributed by atoms with Crippen LogP contribution in [0.2, 0.25) is 0 Å². The number of benzene rings is 1. The molecule has 0 radical (unpaired) electrons. The largest absolute Gasteiger partial charge is 0.452 e. The molecule has 9 nitrogen and oxygen atoms in total. The smallest absolute Gasteiger partial charge is 0.308 e. The third kappa shape index (κ3) is 4.00. The molecule has 1 aromatic rings. The van der Waals surface area contributed by atoms with Gasteiger partial charge in [0.15, 0.2) is 6.10 Å². The lowest BCUT2D eigenvalue weighted by atomic mass is 9.81. The van der Waals surface area contributed by atoms with Crippen LogP contribution in [0, 0.1) is 11.8 Å². The lowest BCUT2D eigenvalue weighted by Gasteiger charge is -2.42. The maximum absolute atomic E-state index is 13.2. The van der Waals surface area contributed by atoms with Gasteiger partial charge in [-0.1, -0.05) is 25.0 Å². The molecule has 1 N–H and O–H groups in total. The van der Waals surface area contributed by atoms with E-state index in [1.165, 1.54) is 16.7 Å². The second-order valence-electron chi connectivity index (χ2n) is 9.41. The molecule has 4 amide bonds. The van der Waals surface area contributed by atoms with E-state index in [0.29, 0.717) is 24.2 Å². The zero-order valence-electron chi connectivity index (χ0n) is 19.1. The fraction of sp³-hybridized carbons (Fsp3) is 0.542. The number of likely N-dealkylation sites (tertiary alicyclic amines) is 1. The third-order valence-corrected chi connectivity index (χ3v) is 6.86. The van der Waals surface area contributed by atoms with Gasteiger partial charge in [0.1, 0.15) is 5.54 Å². The van der Waals surface area contributed by atoms with Crippen LogP contribution < -0.4 is 10.2 Å². The topological polar surface area (TPSA) is 113 Å². The van der Waals surface area contributed by atoms with E-state index in [-0.39, 0.29) is 42.5 Å². The molecule has 2 heterocycles. The van der Waals surface area contributed by atoms with Crippen LogP contribution in [0.4, 0.5) is 11.4 Å². The standard InChI is InChI=1S/C24H29N3O6/c1-14(20(29)27-18-11-7-6-10-17(18)25-23(32)24(27,2)3)33-19(28)12-13-26-21(30)15-8-4-5-9-16(15)22(26)31/h6-7,10-11,14-16H,4-5,8-9,12-13H2,1-3H3,(H,25,32)/t14-,15-,16+/m0/s1. The molecule has 2 fully saturated rings. The Balaban J connectivity index is 1.40. The van der Waals surface area contributed by atoms with Crippen LogP contribution in [0.3, 0.4) is 0 Å². The fourth-order valence-corrected chi connectivity index (χ4v) is 4.99. The van der Waals surface area contributed by atoms with E-state index in [1.54, 1.807) is 38.1 Å². The lowest BCUT2D eigenvalue weighted by molar-refractivity contribution is -0.155. The quantitative estimate of drug-likeness (QED) is 0.538. The summed E-state index contributed by atoms with van der Waals surface area (Å²) < 4.78 is 5.35. The molecule has 33 heavy (non-hydrogen) atoms. The molecule has 9 heteroatoms. The molecular formula is C24H29N3O6. The minimum absolute atomic E-state index is 0.0507. The maximum Gasteiger partial charge on any atom is 0.308 e. The normalized spacial score (nSPS) is 24.6. The average molecular weight is 456 g/mol. The number of nitrogens with one attached hydrogen (secondary N) is 1. The van der Waals surface area contributed by atoms with Gasteiger partial charge in [-0.2, -0.15) is 0 Å². The first kappa shape index (κ1) is 22.9. The molecule has 0 aromatic heterocycles. The van der Waals surface area contributed by atoms with E-state index < -0.39 is 23.5 Å². The Bertz CT molecular complexity index is 995. The molecule has 1 aromatic carbocycles. The predicted octanol–water partition coefficient (Wildman–Crippen LogP) is 2.25. The number of carbonyl (C=O) groups excluding carboxylic acids is 5. The Kier molecular flexibility index (Phi) is 5.99. The highest BCUT2D eigenvalue weighted by Crippen LogP contribution is 2.39. The first-order valence-electron chi connectivity index (χ1n) is 11.4. The van der Waals surface area contributed by atoms with Crippen molar-refractivity contribution in [1.29, 1.82) is 0 Å². The molecule has 176 valence electrons. The van der Waals surface area contributed by atoms with Crippen molar-refractivity contribution in [2.24, 2.45) is 11.8 Å². The van der Waals surface area contributed by atoms with Crippen molar-refractivity contribution >= 4 is 41.0 Å². The van der Waals surface area contributed by atoms with Crippen molar-refractivity contribution in [3.05, 3.63) is 24.3 Å². The first-order chi connectivity index (χ1) is 15.6. The minimum atomic E-state index is -1.18. The second kappa shape index (κ2) is 8.61. The summed E-state index contributed by atoms with van der Waals surface area (Å²) in [4.78, 5) is 66.0. The van der Waals surface area contributed by atoms with Crippen molar-refractivity contribution in [3.8, 4) is 0 Å². The first-order valence-corrected chi connectivity index (χ1v) is 11.4. The van der Waals surface area contributed by atoms with E-state index >= 15 is 0 Å². The third-order valence-electron chi connectivity index (χ3n) is 6.86. The SMILES string of the molecule is C[C@H](OC(=O)CCN1C(=O)[C@H]2CCCC[C@H]2C1=O)C(=O)N1c2ccccc2NC(=O)C1(C)C. The molecule has 0 unspecified atom stereocenters. The molecule has 0 bridgehead atoms. The Hall–Kier alpha value is -3.23. The Morgan fingerprint density at radius 1 is 1.09 bits per heavy atom. The van der Waals surface area contributed by atoms with Crippen molar-refractivity contribution in [2.75, 3.05) is 16.8 Å². The highest BCUT2D eigenvalue weighted by molar-refractivity contribution is 6.15. The summed E-state index contributed by atoms with van der Waals surface area (Å²) in [6.45, 7) is 4.64. The van der Waals surface area contributed by atoms with Crippen molar-refractivity contribution in [2.45, 2.75) is 64.5 Å². The van der Waals surface area contributed by atoms with Gasteiger partial charge >= 0.3 is 5.97 Å². The van der Waals surface area contributed by atoms with Crippen LogP contribution >= 0.6 is 0 Å². The number of amides is 4. The number of nitrogens with zero attached hydrogens (tertiary/aromatic N) is 2. The molecular weight excluding hydrogens is 426 g/mol. The number of carbonyl (C=O) groups is 5. The van der Waals surface area contributed by atoms with E-state index in [2.05, 4.69) is 5.32 Å². The number of fused-ring (bicyclic) bond motifs is 2. The molecule has 0 spiro atoms. The molecule has 3 aliphatic rings. The van der Waals surface area contributed by atoms with Crippen molar-refractivity contribution < 1.29 is 28.7 Å². The van der Waals surface area contributed by atoms with E-state index in [4.69, 9.17) is 4.74 Å². The average Bonchev–Trinajstić information content (AvgIpc) is 3.02. The number of imide groups is 1. The van der Waals surface area contributed by atoms with Gasteiger partial charge in [-0.05, 0) is 45.7 Å². The van der Waals surface area contributed by atoms with Gasteiger partial charge in [0.25, 0.3) is 5.91 Å². The van der Waals surface area contributed by atoms with Crippen molar-refractivity contribution in [1.82, 2.24) is 4.90 Å². The fourth-order valence-electron chi connectivity index (χ4n) is 4.99. The summed E-state index contributed by atoms with van der Waals surface area (Å²) in [5.74, 6) is -2.52. The monoisotopic (exact) mass is 455 g/mol. The van der Waals surface area contributed by atoms with E-state index in [1.807, 2.05) is 0 Å². The van der Waals surface area contributed by atoms with Gasteiger partial charge in [-0.15, -0.1) is 0 Å². The van der Waals surface area contributed by atoms with Gasteiger partial charge < -0.3 is 10.1 Å². The Morgan fingerprint density at radius 2 is 1.70 bits per heavy atom. The summed E-state index contributed by atoms with van der Waals surface area (Å²) in [6.07, 6.45) is 1.95. The highest BCUT2D eigenvalue weighted by atomic mass is 16.5. The summed E-state index contributed by atoms with van der Waals surface area (Å²) in [5.41, 5.74) is -0.163. The summed E-state index contributed by atoms with van der Waals surface area (Å²) in [5, 5.41) is 2.79. The van der Waals surface area contributed by atoms with Crippen LogP contribution in [0.5, 0.6) is 0 Å². The minimum Gasteiger partial charge on any atom is -0.452 e. The zero-order valence-corrected chi connectivity index (χ0v) is 19.1. The zero-order chi connectivity index (χ0) is 23.9. The number of anilines is 2. The molecule has 4 rings (SSSR count). The Morgan fingerprint density at radius 3 is 2.33 bits per heavy atom. The van der Waals surface area contributed by atoms with Crippen LogP contribution in [0.15, 0.2) is 24.3 Å². The molecule has 3 atom stereocenters. The molecule has 1 saturated carbocycles. The van der Waals surface area contributed by atoms with Crippen LogP contribution in [0.1, 0.15) is 52.9 Å². The van der Waals surface area contributed by atoms with Gasteiger partial charge in [0, 0.05) is 6.54 Å². The van der Waals surface area contributed by atoms with E-state index in [9.17, 15) is 24.0 Å². The Labute approximate surface area is 192 Å². The van der Waals surface area contributed by atoms with E-state index in [0.717, 1.165) is 12.8 Å². The maximum atomic E-state index is 13.2. The highest BCUT2D eigenvalue weighted by Gasteiger charge is 2.48. The van der Waals surface area contributed by atoms with Crippen LogP contribution in [0.25, 0.3) is 0 Å². The summed E-state index contributed by atoms with van der Waals surface area (Å²) in [6, 6.07) is 6.92. The van der Waals surface area contributed by atoms with Crippen LogP contribution in [-0.2, 0) is 28.7 Å². The number of para-hydroxylation sites is 2. The van der Waals surface area contributed by atoms with Gasteiger partial charge in [-0.3, -0.25) is 33.8 Å². The second-order valence-corrected chi connectivity index (χ2v) is 9.41. The van der Waals surface area contributed by atoms with Crippen LogP contribution in [-0.4, -0.2) is 52.7 Å². The lowest BCUT2D eigenvalue weighted by Crippen LogP contribution is -2.60. The predicted molar refractivity (Wildman–Crippen MR) is 119 cm³/mol. The number of hydrogen-bond donors (Lipinski definition) is 1. The molecule has 2 aliphatic heterocycles. The number of ether oxygens (including phenoxy) is 1. The number of esters is 1.